The Hall–Kier alpha value is -2.95. The van der Waals surface area contributed by atoms with E-state index < -0.39 is 0 Å². The molecule has 1 aromatic carbocycles. The van der Waals surface area contributed by atoms with Crippen LogP contribution < -0.4 is 10.6 Å². The zero-order chi connectivity index (χ0) is 20.6. The van der Waals surface area contributed by atoms with E-state index in [-0.39, 0.29) is 24.0 Å². The van der Waals surface area contributed by atoms with E-state index >= 15 is 0 Å². The smallest absolute Gasteiger partial charge is 0.191 e. The molecule has 4 rings (SSSR count). The molecule has 3 aromatic heterocycles. The Labute approximate surface area is 198 Å². The molecule has 9 heteroatoms. The average Bonchev–Trinajstić information content (AvgIpc) is 3.43. The van der Waals surface area contributed by atoms with Crippen LogP contribution in [-0.4, -0.2) is 43.4 Å². The second-order valence-electron chi connectivity index (χ2n) is 6.89. The predicted molar refractivity (Wildman–Crippen MR) is 133 cm³/mol. The van der Waals surface area contributed by atoms with Gasteiger partial charge in [-0.3, -0.25) is 9.08 Å². The lowest BCUT2D eigenvalue weighted by Gasteiger charge is -2.12. The van der Waals surface area contributed by atoms with Crippen LogP contribution in [0.5, 0.6) is 0 Å². The van der Waals surface area contributed by atoms with Crippen molar-refractivity contribution in [1.29, 1.82) is 0 Å². The third-order valence-corrected chi connectivity index (χ3v) is 4.79. The second-order valence-corrected chi connectivity index (χ2v) is 6.89. The number of benzene rings is 1. The van der Waals surface area contributed by atoms with E-state index in [0.29, 0.717) is 6.54 Å². The lowest BCUT2D eigenvalue weighted by molar-refractivity contribution is 0.680. The van der Waals surface area contributed by atoms with E-state index in [4.69, 9.17) is 4.99 Å². The first-order chi connectivity index (χ1) is 14.8. The van der Waals surface area contributed by atoms with Crippen LogP contribution >= 0.6 is 24.0 Å². The Morgan fingerprint density at radius 2 is 1.81 bits per heavy atom. The van der Waals surface area contributed by atoms with Crippen LogP contribution in [0.4, 0.5) is 0 Å². The van der Waals surface area contributed by atoms with Crippen LogP contribution in [0.2, 0.25) is 0 Å². The first-order valence-corrected chi connectivity index (χ1v) is 10.2. The summed E-state index contributed by atoms with van der Waals surface area (Å²) in [5, 5.41) is 19.5. The maximum absolute atomic E-state index is 4.78. The van der Waals surface area contributed by atoms with Gasteiger partial charge in [-0.2, -0.15) is 5.10 Å². The monoisotopic (exact) mass is 530 g/mol. The number of hydrogen-bond donors (Lipinski definition) is 2. The third-order valence-electron chi connectivity index (χ3n) is 4.79. The van der Waals surface area contributed by atoms with Gasteiger partial charge in [0, 0.05) is 38.1 Å². The molecule has 0 bridgehead atoms. The minimum absolute atomic E-state index is 0. The summed E-state index contributed by atoms with van der Waals surface area (Å²) in [6, 6.07) is 16.2. The fraction of sp³-hybridized carbons (Fsp3) is 0.273. The van der Waals surface area contributed by atoms with Crippen molar-refractivity contribution in [3.63, 3.8) is 0 Å². The molecule has 4 aromatic rings. The summed E-state index contributed by atoms with van der Waals surface area (Å²) in [7, 11) is 0. The van der Waals surface area contributed by atoms with Gasteiger partial charge in [0.05, 0.1) is 13.1 Å². The number of rotatable bonds is 8. The van der Waals surface area contributed by atoms with Crippen LogP contribution in [0.1, 0.15) is 23.9 Å². The molecule has 0 aliphatic rings. The van der Waals surface area contributed by atoms with Gasteiger partial charge in [-0.15, -0.1) is 34.2 Å². The maximum Gasteiger partial charge on any atom is 0.191 e. The van der Waals surface area contributed by atoms with Gasteiger partial charge in [0.2, 0.25) is 0 Å². The fourth-order valence-corrected chi connectivity index (χ4v) is 3.29. The number of nitrogens with zero attached hydrogens (tertiary/aromatic N) is 6. The molecular formula is C22H27IN8. The number of pyridine rings is 1. The molecule has 162 valence electrons. The number of aromatic nitrogens is 5. The molecule has 0 fully saturated rings. The Balaban J connectivity index is 0.00000272. The minimum Gasteiger partial charge on any atom is -0.357 e. The van der Waals surface area contributed by atoms with Crippen LogP contribution in [0.15, 0.2) is 72.1 Å². The molecule has 0 saturated heterocycles. The Morgan fingerprint density at radius 3 is 2.61 bits per heavy atom. The molecule has 0 spiro atoms. The molecule has 0 unspecified atom stereocenters. The van der Waals surface area contributed by atoms with Crippen LogP contribution in [0.25, 0.3) is 5.65 Å². The van der Waals surface area contributed by atoms with E-state index in [2.05, 4.69) is 51.1 Å². The summed E-state index contributed by atoms with van der Waals surface area (Å²) < 4.78 is 3.94. The van der Waals surface area contributed by atoms with Gasteiger partial charge >= 0.3 is 0 Å². The highest BCUT2D eigenvalue weighted by Crippen LogP contribution is 2.11. The number of hydrogen-bond acceptors (Lipinski definition) is 4. The molecule has 0 aliphatic carbocycles. The summed E-state index contributed by atoms with van der Waals surface area (Å²) >= 11 is 0. The molecule has 0 saturated carbocycles. The molecule has 3 heterocycles. The van der Waals surface area contributed by atoms with Crippen LogP contribution in [0.3, 0.4) is 0 Å². The topological polar surface area (TPSA) is 84.4 Å². The molecule has 0 aliphatic heterocycles. The normalized spacial score (nSPS) is 11.3. The Morgan fingerprint density at radius 1 is 0.968 bits per heavy atom. The first-order valence-electron chi connectivity index (χ1n) is 10.2. The van der Waals surface area contributed by atoms with Crippen molar-refractivity contribution in [1.82, 2.24) is 35.0 Å². The molecule has 8 nitrogen and oxygen atoms in total. The van der Waals surface area contributed by atoms with E-state index in [9.17, 15) is 0 Å². The minimum atomic E-state index is 0. The van der Waals surface area contributed by atoms with Crippen LogP contribution in [0, 0.1) is 0 Å². The highest BCUT2D eigenvalue weighted by atomic mass is 127. The van der Waals surface area contributed by atoms with Gasteiger partial charge in [-0.25, -0.2) is 4.99 Å². The molecular weight excluding hydrogens is 503 g/mol. The van der Waals surface area contributed by atoms with Crippen LogP contribution in [-0.2, 0) is 19.5 Å². The highest BCUT2D eigenvalue weighted by molar-refractivity contribution is 14.0. The van der Waals surface area contributed by atoms with E-state index in [0.717, 1.165) is 43.5 Å². The molecule has 31 heavy (non-hydrogen) atoms. The summed E-state index contributed by atoms with van der Waals surface area (Å²) in [4.78, 5) is 4.78. The van der Waals surface area contributed by atoms with Crippen molar-refractivity contribution in [2.24, 2.45) is 4.99 Å². The van der Waals surface area contributed by atoms with Gasteiger partial charge in [0.25, 0.3) is 0 Å². The zero-order valence-corrected chi connectivity index (χ0v) is 19.8. The summed E-state index contributed by atoms with van der Waals surface area (Å²) in [5.41, 5.74) is 3.27. The van der Waals surface area contributed by atoms with Gasteiger partial charge in [-0.1, -0.05) is 30.3 Å². The number of aliphatic imine (C=N–C) groups is 1. The van der Waals surface area contributed by atoms with Crippen molar-refractivity contribution < 1.29 is 0 Å². The average molecular weight is 530 g/mol. The molecule has 0 radical (unpaired) electrons. The molecule has 0 amide bonds. The van der Waals surface area contributed by atoms with E-state index in [1.165, 1.54) is 11.1 Å². The predicted octanol–water partition coefficient (Wildman–Crippen LogP) is 2.89. The molecule has 0 atom stereocenters. The Kier molecular flexibility index (Phi) is 8.39. The fourth-order valence-electron chi connectivity index (χ4n) is 3.29. The quantitative estimate of drug-likeness (QED) is 0.208. The van der Waals surface area contributed by atoms with Crippen molar-refractivity contribution in [2.45, 2.75) is 26.4 Å². The number of nitrogens with one attached hydrogen (secondary N) is 2. The van der Waals surface area contributed by atoms with E-state index in [1.54, 1.807) is 6.20 Å². The van der Waals surface area contributed by atoms with Gasteiger partial charge in [0.15, 0.2) is 11.6 Å². The van der Waals surface area contributed by atoms with Gasteiger partial charge in [-0.05, 0) is 36.2 Å². The second kappa shape index (κ2) is 11.4. The number of guanidine groups is 1. The van der Waals surface area contributed by atoms with Crippen molar-refractivity contribution in [3.8, 4) is 0 Å². The molecule has 2 N–H and O–H groups in total. The number of halogens is 1. The van der Waals surface area contributed by atoms with Gasteiger partial charge < -0.3 is 10.6 Å². The zero-order valence-electron chi connectivity index (χ0n) is 17.5. The third kappa shape index (κ3) is 6.03. The maximum atomic E-state index is 4.78. The van der Waals surface area contributed by atoms with Crippen molar-refractivity contribution in [2.75, 3.05) is 13.1 Å². The summed E-state index contributed by atoms with van der Waals surface area (Å²) in [6.07, 6.45) is 6.51. The first kappa shape index (κ1) is 22.7. The summed E-state index contributed by atoms with van der Waals surface area (Å²) in [5.74, 6) is 1.72. The highest BCUT2D eigenvalue weighted by Gasteiger charge is 2.06. The Bertz CT molecular complexity index is 1100. The largest absolute Gasteiger partial charge is 0.357 e. The van der Waals surface area contributed by atoms with Crippen molar-refractivity contribution >= 4 is 35.6 Å². The summed E-state index contributed by atoms with van der Waals surface area (Å²) in [6.45, 7) is 4.92. The van der Waals surface area contributed by atoms with Crippen molar-refractivity contribution in [3.05, 3.63) is 84.1 Å². The number of fused-ring (bicyclic) bond motifs is 1. The standard InChI is InChI=1S/C22H26N8.HI/c1-2-23-22(24-13-11-21-28-27-20-10-5-6-15-30(20)21)25-16-18-8-3-4-9-19(18)17-29-14-7-12-26-29;/h3-10,12,14-15H,2,11,13,16-17H2,1H3,(H2,23,24,25);1H. The van der Waals surface area contributed by atoms with Gasteiger partial charge in [0.1, 0.15) is 5.82 Å². The lowest BCUT2D eigenvalue weighted by Crippen LogP contribution is -2.38. The lowest BCUT2D eigenvalue weighted by atomic mass is 10.1. The van der Waals surface area contributed by atoms with E-state index in [1.807, 2.05) is 51.8 Å². The SMILES string of the molecule is CCNC(=NCc1ccccc1Cn1cccn1)NCCc1nnc2ccccn12.I.